The van der Waals surface area contributed by atoms with Crippen LogP contribution in [-0.2, 0) is 4.74 Å². The van der Waals surface area contributed by atoms with E-state index in [4.69, 9.17) is 4.74 Å². The van der Waals surface area contributed by atoms with Crippen molar-refractivity contribution in [3.63, 3.8) is 0 Å². The van der Waals surface area contributed by atoms with Crippen LogP contribution in [0.1, 0.15) is 72.1 Å². The van der Waals surface area contributed by atoms with Gasteiger partial charge in [-0.05, 0) is 98.7 Å². The molecular weight excluding hydrogens is 312 g/mol. The van der Waals surface area contributed by atoms with Gasteiger partial charge in [0.05, 0.1) is 24.4 Å². The fraction of sp³-hybridized carbons (Fsp3) is 1.00. The lowest BCUT2D eigenvalue weighted by atomic mass is 9.44. The Morgan fingerprint density at radius 1 is 0.800 bits per heavy atom. The monoisotopic (exact) mass is 348 g/mol. The molecule has 1 saturated heterocycles. The molecule has 5 aliphatic rings. The van der Waals surface area contributed by atoms with E-state index in [1.54, 1.807) is 0 Å². The van der Waals surface area contributed by atoms with Gasteiger partial charge in [0.25, 0.3) is 0 Å². The van der Waals surface area contributed by atoms with Crippen molar-refractivity contribution in [2.75, 3.05) is 6.61 Å². The Hall–Kier alpha value is -0.120. The largest absolute Gasteiger partial charge is 0.393 e. The molecule has 5 rings (SSSR count). The smallest absolute Gasteiger partial charge is 0.0921 e. The van der Waals surface area contributed by atoms with E-state index >= 15 is 0 Å². The highest BCUT2D eigenvalue weighted by atomic mass is 16.6. The number of epoxide rings is 1. The zero-order valence-corrected chi connectivity index (χ0v) is 16.2. The van der Waals surface area contributed by atoms with Crippen molar-refractivity contribution in [3.05, 3.63) is 0 Å². The van der Waals surface area contributed by atoms with Crippen LogP contribution in [0.2, 0.25) is 0 Å². The van der Waals surface area contributed by atoms with Crippen molar-refractivity contribution in [3.8, 4) is 0 Å². The zero-order chi connectivity index (χ0) is 17.6. The molecule has 3 heteroatoms. The van der Waals surface area contributed by atoms with Crippen LogP contribution in [0.25, 0.3) is 0 Å². The van der Waals surface area contributed by atoms with Crippen LogP contribution in [0.5, 0.6) is 0 Å². The summed E-state index contributed by atoms with van der Waals surface area (Å²) in [5, 5.41) is 21.2. The molecule has 10 atom stereocenters. The normalized spacial score (nSPS) is 63.5. The molecule has 25 heavy (non-hydrogen) atoms. The highest BCUT2D eigenvalue weighted by Gasteiger charge is 2.66. The summed E-state index contributed by atoms with van der Waals surface area (Å²) in [6.45, 7) is 8.27. The number of ether oxygens (including phenoxy) is 1. The molecule has 4 aliphatic carbocycles. The second-order valence-corrected chi connectivity index (χ2v) is 11.0. The van der Waals surface area contributed by atoms with Crippen molar-refractivity contribution in [2.24, 2.45) is 40.4 Å². The second kappa shape index (κ2) is 5.23. The Morgan fingerprint density at radius 2 is 1.48 bits per heavy atom. The van der Waals surface area contributed by atoms with Gasteiger partial charge in [-0.15, -0.1) is 0 Å². The molecule has 0 aromatic rings. The number of rotatable bonds is 1. The first-order valence-corrected chi connectivity index (χ1v) is 10.8. The highest BCUT2D eigenvalue weighted by molar-refractivity contribution is 5.14. The van der Waals surface area contributed by atoms with Crippen LogP contribution < -0.4 is 0 Å². The molecule has 4 saturated carbocycles. The Morgan fingerprint density at radius 3 is 2.20 bits per heavy atom. The van der Waals surface area contributed by atoms with Gasteiger partial charge >= 0.3 is 0 Å². The minimum Gasteiger partial charge on any atom is -0.393 e. The maximum Gasteiger partial charge on any atom is 0.0921 e. The van der Waals surface area contributed by atoms with Gasteiger partial charge in [-0.3, -0.25) is 0 Å². The molecule has 0 radical (unpaired) electrons. The standard InChI is InChI=1S/C22H36O3/c1-20-8-6-13(23)10-17(20)18(24)11-14-15-4-5-19(22(3)12-25-22)21(15,2)9-7-16(14)20/h13-19,23-24H,4-12H2,1-3H3/t13-,14+,15-,16-,17-,18+,19-,20-,21+,22-/m1/s1. The van der Waals surface area contributed by atoms with Gasteiger partial charge in [0.15, 0.2) is 0 Å². The van der Waals surface area contributed by atoms with Crippen molar-refractivity contribution in [2.45, 2.75) is 89.9 Å². The second-order valence-electron chi connectivity index (χ2n) is 11.0. The molecule has 0 aromatic carbocycles. The predicted molar refractivity (Wildman–Crippen MR) is 97.0 cm³/mol. The molecule has 0 bridgehead atoms. The lowest BCUT2D eigenvalue weighted by Crippen LogP contribution is -2.58. The summed E-state index contributed by atoms with van der Waals surface area (Å²) in [6.07, 6.45) is 8.72. The van der Waals surface area contributed by atoms with Crippen LogP contribution in [0.4, 0.5) is 0 Å². The average molecular weight is 349 g/mol. The molecule has 0 aromatic heterocycles. The Labute approximate surface area is 152 Å². The lowest BCUT2D eigenvalue weighted by molar-refractivity contribution is -0.172. The van der Waals surface area contributed by atoms with Gasteiger partial charge in [-0.25, -0.2) is 0 Å². The maximum atomic E-state index is 11.0. The van der Waals surface area contributed by atoms with Crippen LogP contribution in [0.3, 0.4) is 0 Å². The number of hydrogen-bond donors (Lipinski definition) is 2. The first kappa shape index (κ1) is 17.0. The molecule has 1 heterocycles. The van der Waals surface area contributed by atoms with E-state index < -0.39 is 0 Å². The van der Waals surface area contributed by atoms with Crippen LogP contribution in [0, 0.1) is 40.4 Å². The molecule has 0 unspecified atom stereocenters. The minimum absolute atomic E-state index is 0.144. The van der Waals surface area contributed by atoms with E-state index in [0.717, 1.165) is 44.1 Å². The number of fused-ring (bicyclic) bond motifs is 5. The van der Waals surface area contributed by atoms with E-state index in [1.807, 2.05) is 0 Å². The van der Waals surface area contributed by atoms with Crippen molar-refractivity contribution in [1.29, 1.82) is 0 Å². The topological polar surface area (TPSA) is 53.0 Å². The Bertz CT molecular complexity index is 557. The highest BCUT2D eigenvalue weighted by Crippen LogP contribution is 2.69. The first-order valence-electron chi connectivity index (χ1n) is 10.8. The predicted octanol–water partition coefficient (Wildman–Crippen LogP) is 3.77. The molecule has 2 N–H and O–H groups in total. The van der Waals surface area contributed by atoms with Crippen LogP contribution >= 0.6 is 0 Å². The zero-order valence-electron chi connectivity index (χ0n) is 16.2. The quantitative estimate of drug-likeness (QED) is 0.709. The van der Waals surface area contributed by atoms with Gasteiger partial charge in [-0.1, -0.05) is 13.8 Å². The molecule has 0 amide bonds. The third-order valence-electron chi connectivity index (χ3n) is 9.99. The Balaban J connectivity index is 1.46. The summed E-state index contributed by atoms with van der Waals surface area (Å²) in [7, 11) is 0. The van der Waals surface area contributed by atoms with Gasteiger partial charge in [0.2, 0.25) is 0 Å². The average Bonchev–Trinajstić information content (AvgIpc) is 3.18. The van der Waals surface area contributed by atoms with Crippen molar-refractivity contribution < 1.29 is 14.9 Å². The summed E-state index contributed by atoms with van der Waals surface area (Å²) < 4.78 is 5.89. The first-order chi connectivity index (χ1) is 11.8. The minimum atomic E-state index is -0.213. The van der Waals surface area contributed by atoms with Crippen molar-refractivity contribution >= 4 is 0 Å². The third-order valence-corrected chi connectivity index (χ3v) is 9.99. The van der Waals surface area contributed by atoms with Gasteiger partial charge in [0, 0.05) is 0 Å². The molecule has 0 spiro atoms. The summed E-state index contributed by atoms with van der Waals surface area (Å²) in [5.41, 5.74) is 0.787. The van der Waals surface area contributed by atoms with Crippen LogP contribution in [-0.4, -0.2) is 34.6 Å². The molecular formula is C22H36O3. The van der Waals surface area contributed by atoms with E-state index in [1.165, 1.54) is 25.7 Å². The fourth-order valence-corrected chi connectivity index (χ4v) is 8.60. The number of aliphatic hydroxyl groups is 2. The van der Waals surface area contributed by atoms with E-state index in [2.05, 4.69) is 20.8 Å². The fourth-order valence-electron chi connectivity index (χ4n) is 8.60. The molecule has 3 nitrogen and oxygen atoms in total. The summed E-state index contributed by atoms with van der Waals surface area (Å²) >= 11 is 0. The van der Waals surface area contributed by atoms with Crippen molar-refractivity contribution in [1.82, 2.24) is 0 Å². The summed E-state index contributed by atoms with van der Waals surface area (Å²) in [6, 6.07) is 0. The van der Waals surface area contributed by atoms with Crippen LogP contribution in [0.15, 0.2) is 0 Å². The summed E-state index contributed by atoms with van der Waals surface area (Å²) in [5.74, 6) is 3.21. The lowest BCUT2D eigenvalue weighted by Gasteiger charge is -2.62. The molecule has 142 valence electrons. The third kappa shape index (κ3) is 2.21. The van der Waals surface area contributed by atoms with E-state index in [0.29, 0.717) is 23.2 Å². The number of aliphatic hydroxyl groups excluding tert-OH is 2. The molecule has 1 aliphatic heterocycles. The number of hydrogen-bond acceptors (Lipinski definition) is 3. The Kier molecular flexibility index (Phi) is 3.56. The van der Waals surface area contributed by atoms with E-state index in [9.17, 15) is 10.2 Å². The molecule has 5 fully saturated rings. The SMILES string of the molecule is C[C@]12CC[C@@H](O)C[C@@H]1[C@@H](O)C[C@@H]1[C@H]2CC[C@@]2(C)[C@@H]1CC[C@H]2[C@@]1(C)CO1. The maximum absolute atomic E-state index is 11.0. The summed E-state index contributed by atoms with van der Waals surface area (Å²) in [4.78, 5) is 0. The van der Waals surface area contributed by atoms with Gasteiger partial charge < -0.3 is 14.9 Å². The van der Waals surface area contributed by atoms with Gasteiger partial charge in [-0.2, -0.15) is 0 Å². The van der Waals surface area contributed by atoms with Gasteiger partial charge in [0.1, 0.15) is 0 Å². The van der Waals surface area contributed by atoms with E-state index in [-0.39, 0.29) is 23.2 Å².